The van der Waals surface area contributed by atoms with Crippen molar-refractivity contribution in [1.82, 2.24) is 0 Å². The van der Waals surface area contributed by atoms with Gasteiger partial charge < -0.3 is 5.11 Å². The molecule has 0 saturated heterocycles. The van der Waals surface area contributed by atoms with Gasteiger partial charge in [0.05, 0.1) is 5.56 Å². The second-order valence-corrected chi connectivity index (χ2v) is 2.98. The van der Waals surface area contributed by atoms with Gasteiger partial charge in [-0.15, -0.1) is 0 Å². The summed E-state index contributed by atoms with van der Waals surface area (Å²) in [4.78, 5) is 13.6. The predicted molar refractivity (Wildman–Crippen MR) is 51.5 cm³/mol. The van der Waals surface area contributed by atoms with E-state index < -0.39 is 24.3 Å². The first-order valence-corrected chi connectivity index (χ1v) is 4.28. The van der Waals surface area contributed by atoms with E-state index in [0.29, 0.717) is 5.56 Å². The summed E-state index contributed by atoms with van der Waals surface area (Å²) in [7, 11) is 0. The number of nitrogens with zero attached hydrogens (tertiary/aromatic N) is 1. The van der Waals surface area contributed by atoms with Crippen LogP contribution < -0.4 is 0 Å². The highest BCUT2D eigenvalue weighted by Gasteiger charge is 2.29. The van der Waals surface area contributed by atoms with Gasteiger partial charge >= 0.3 is 12.1 Å². The SMILES string of the molecule is O=C(O)CN=Cc1ccc(C(F)(F)F)cc1. The topological polar surface area (TPSA) is 49.7 Å². The maximum atomic E-state index is 12.2. The van der Waals surface area contributed by atoms with E-state index in [9.17, 15) is 18.0 Å². The van der Waals surface area contributed by atoms with Gasteiger partial charge in [-0.05, 0) is 17.7 Å². The Morgan fingerprint density at radius 2 is 1.88 bits per heavy atom. The minimum atomic E-state index is -4.36. The maximum absolute atomic E-state index is 12.2. The molecule has 0 aromatic heterocycles. The summed E-state index contributed by atoms with van der Waals surface area (Å²) in [5.74, 6) is -1.09. The molecule has 86 valence electrons. The Bertz CT molecular complexity index is 396. The fourth-order valence-corrected chi connectivity index (χ4v) is 0.987. The summed E-state index contributed by atoms with van der Waals surface area (Å²) in [6, 6.07) is 4.30. The Hall–Kier alpha value is -1.85. The van der Waals surface area contributed by atoms with E-state index in [1.54, 1.807) is 0 Å². The lowest BCUT2D eigenvalue weighted by atomic mass is 10.1. The van der Waals surface area contributed by atoms with Crippen molar-refractivity contribution in [3.63, 3.8) is 0 Å². The van der Waals surface area contributed by atoms with Crippen molar-refractivity contribution in [2.24, 2.45) is 4.99 Å². The molecule has 0 aliphatic carbocycles. The molecule has 16 heavy (non-hydrogen) atoms. The van der Waals surface area contributed by atoms with Crippen LogP contribution in [0.2, 0.25) is 0 Å². The van der Waals surface area contributed by atoms with Gasteiger partial charge in [0, 0.05) is 6.21 Å². The Kier molecular flexibility index (Phi) is 3.65. The Balaban J connectivity index is 2.72. The molecule has 0 unspecified atom stereocenters. The number of halogens is 3. The quantitative estimate of drug-likeness (QED) is 0.811. The molecule has 0 amide bonds. The molecule has 0 radical (unpaired) electrons. The highest BCUT2D eigenvalue weighted by molar-refractivity contribution is 5.81. The van der Waals surface area contributed by atoms with Crippen molar-refractivity contribution in [2.45, 2.75) is 6.18 Å². The Morgan fingerprint density at radius 3 is 2.31 bits per heavy atom. The predicted octanol–water partition coefficient (Wildman–Crippen LogP) is 2.21. The van der Waals surface area contributed by atoms with Crippen molar-refractivity contribution in [1.29, 1.82) is 0 Å². The average molecular weight is 231 g/mol. The van der Waals surface area contributed by atoms with Crippen LogP contribution in [0, 0.1) is 0 Å². The van der Waals surface area contributed by atoms with E-state index in [0.717, 1.165) is 12.1 Å². The smallest absolute Gasteiger partial charge is 0.416 e. The van der Waals surface area contributed by atoms with E-state index in [4.69, 9.17) is 5.11 Å². The second-order valence-electron chi connectivity index (χ2n) is 2.98. The minimum Gasteiger partial charge on any atom is -0.480 e. The van der Waals surface area contributed by atoms with Crippen molar-refractivity contribution >= 4 is 12.2 Å². The first kappa shape index (κ1) is 12.2. The minimum absolute atomic E-state index is 0.402. The second kappa shape index (κ2) is 4.78. The van der Waals surface area contributed by atoms with Crippen LogP contribution in [0.1, 0.15) is 11.1 Å². The standard InChI is InChI=1S/C10H8F3NO2/c11-10(12,13)8-3-1-7(2-4-8)5-14-6-9(15)16/h1-5H,6H2,(H,15,16). The molecule has 1 aromatic rings. The number of carboxylic acids is 1. The van der Waals surface area contributed by atoms with Crippen LogP contribution in [-0.2, 0) is 11.0 Å². The number of benzene rings is 1. The third kappa shape index (κ3) is 3.72. The lowest BCUT2D eigenvalue weighted by Gasteiger charge is -2.05. The van der Waals surface area contributed by atoms with E-state index in [-0.39, 0.29) is 0 Å². The van der Waals surface area contributed by atoms with Gasteiger partial charge in [0.2, 0.25) is 0 Å². The van der Waals surface area contributed by atoms with E-state index in [1.807, 2.05) is 0 Å². The zero-order chi connectivity index (χ0) is 12.2. The van der Waals surface area contributed by atoms with Crippen molar-refractivity contribution < 1.29 is 23.1 Å². The van der Waals surface area contributed by atoms with Gasteiger partial charge in [-0.1, -0.05) is 12.1 Å². The van der Waals surface area contributed by atoms with Crippen LogP contribution in [0.4, 0.5) is 13.2 Å². The number of rotatable bonds is 3. The molecule has 0 fully saturated rings. The summed E-state index contributed by atoms with van der Waals surface area (Å²) in [6.07, 6.45) is -3.15. The average Bonchev–Trinajstić information content (AvgIpc) is 2.16. The monoisotopic (exact) mass is 231 g/mol. The zero-order valence-corrected chi connectivity index (χ0v) is 8.03. The van der Waals surface area contributed by atoms with Crippen LogP contribution in [0.3, 0.4) is 0 Å². The van der Waals surface area contributed by atoms with Gasteiger partial charge in [0.15, 0.2) is 0 Å². The van der Waals surface area contributed by atoms with Crippen LogP contribution in [0.5, 0.6) is 0 Å². The molecule has 6 heteroatoms. The summed E-state index contributed by atoms with van der Waals surface area (Å²) in [6.45, 7) is -0.402. The molecule has 0 bridgehead atoms. The third-order valence-corrected chi connectivity index (χ3v) is 1.70. The molecule has 0 aliphatic heterocycles. The van der Waals surface area contributed by atoms with Crippen molar-refractivity contribution in [3.05, 3.63) is 35.4 Å². The van der Waals surface area contributed by atoms with Gasteiger partial charge in [0.25, 0.3) is 0 Å². The zero-order valence-electron chi connectivity index (χ0n) is 8.03. The number of carbonyl (C=O) groups is 1. The number of hydrogen-bond acceptors (Lipinski definition) is 2. The van der Waals surface area contributed by atoms with Crippen molar-refractivity contribution in [3.8, 4) is 0 Å². The molecule has 0 heterocycles. The lowest BCUT2D eigenvalue weighted by molar-refractivity contribution is -0.137. The van der Waals surface area contributed by atoms with E-state index in [1.165, 1.54) is 18.3 Å². The van der Waals surface area contributed by atoms with Crippen LogP contribution in [0.25, 0.3) is 0 Å². The number of aliphatic carboxylic acids is 1. The molecular formula is C10H8F3NO2. The number of aliphatic imine (C=N–C) groups is 1. The van der Waals surface area contributed by atoms with Crippen molar-refractivity contribution in [2.75, 3.05) is 6.54 Å². The Labute approximate surface area is 89.2 Å². The van der Waals surface area contributed by atoms with E-state index in [2.05, 4.69) is 4.99 Å². The fourth-order valence-electron chi connectivity index (χ4n) is 0.987. The van der Waals surface area contributed by atoms with Gasteiger partial charge in [0.1, 0.15) is 6.54 Å². The van der Waals surface area contributed by atoms with Gasteiger partial charge in [-0.3, -0.25) is 9.79 Å². The molecular weight excluding hydrogens is 223 g/mol. The van der Waals surface area contributed by atoms with Gasteiger partial charge in [-0.2, -0.15) is 13.2 Å². The highest BCUT2D eigenvalue weighted by atomic mass is 19.4. The molecule has 3 nitrogen and oxygen atoms in total. The largest absolute Gasteiger partial charge is 0.480 e. The van der Waals surface area contributed by atoms with Crippen LogP contribution in [-0.4, -0.2) is 23.8 Å². The number of alkyl halides is 3. The maximum Gasteiger partial charge on any atom is 0.416 e. The van der Waals surface area contributed by atoms with Crippen LogP contribution in [0.15, 0.2) is 29.3 Å². The molecule has 1 aromatic carbocycles. The lowest BCUT2D eigenvalue weighted by Crippen LogP contribution is -2.04. The fraction of sp³-hybridized carbons (Fsp3) is 0.200. The first-order chi connectivity index (χ1) is 7.39. The summed E-state index contributed by atoms with van der Waals surface area (Å²) in [5.41, 5.74) is -0.322. The Morgan fingerprint density at radius 1 is 1.31 bits per heavy atom. The summed E-state index contributed by atoms with van der Waals surface area (Å²) in [5, 5.41) is 8.28. The normalized spacial score (nSPS) is 11.9. The number of carboxylic acid groups (broad SMARTS) is 1. The third-order valence-electron chi connectivity index (χ3n) is 1.70. The molecule has 0 atom stereocenters. The number of hydrogen-bond donors (Lipinski definition) is 1. The highest BCUT2D eigenvalue weighted by Crippen LogP contribution is 2.28. The van der Waals surface area contributed by atoms with E-state index >= 15 is 0 Å². The van der Waals surface area contributed by atoms with Crippen LogP contribution >= 0.6 is 0 Å². The summed E-state index contributed by atoms with van der Waals surface area (Å²) >= 11 is 0. The molecule has 0 aliphatic rings. The van der Waals surface area contributed by atoms with Gasteiger partial charge in [-0.25, -0.2) is 0 Å². The molecule has 1 rings (SSSR count). The first-order valence-electron chi connectivity index (χ1n) is 4.28. The molecule has 0 saturated carbocycles. The molecule has 1 N–H and O–H groups in total. The molecule has 0 spiro atoms. The summed E-state index contributed by atoms with van der Waals surface area (Å²) < 4.78 is 36.5.